The van der Waals surface area contributed by atoms with Gasteiger partial charge in [-0.15, -0.1) is 0 Å². The molecule has 0 saturated carbocycles. The monoisotopic (exact) mass is 422 g/mol. The van der Waals surface area contributed by atoms with Crippen molar-refractivity contribution < 1.29 is 34.4 Å². The van der Waals surface area contributed by atoms with E-state index in [1.165, 1.54) is 0 Å². The Morgan fingerprint density at radius 2 is 2.00 bits per heavy atom. The second kappa shape index (κ2) is 9.62. The maximum Gasteiger partial charge on any atom is 0.311 e. The number of aliphatic hydroxyl groups is 3. The molecule has 30 heavy (non-hydrogen) atoms. The van der Waals surface area contributed by atoms with Crippen LogP contribution < -0.4 is 0 Å². The lowest BCUT2D eigenvalue weighted by Gasteiger charge is -2.43. The standard InChI is InChI=1S/C23H34O7/c1-12-4-5-15-8-16(25)10-20(30-23(28)13(2)14(3)24)22(15)19(12)7-6-18-9-17(26)11-21(27)29-18/h4-5,8,12-14,16-20,22,24-26H,6-7,9-11H2,1-3H3/t12-,13-,14-,16+,17+,18+,19-,20-,22-/m0/s1. The summed E-state index contributed by atoms with van der Waals surface area (Å²) in [5.41, 5.74) is 0.958. The van der Waals surface area contributed by atoms with Gasteiger partial charge in [0.15, 0.2) is 0 Å². The first-order valence-electron chi connectivity index (χ1n) is 11.0. The number of hydrogen-bond acceptors (Lipinski definition) is 7. The number of rotatable bonds is 6. The van der Waals surface area contributed by atoms with Crippen molar-refractivity contribution in [2.75, 3.05) is 0 Å². The Morgan fingerprint density at radius 3 is 2.67 bits per heavy atom. The number of carbonyl (C=O) groups is 2. The average molecular weight is 423 g/mol. The normalized spacial score (nSPS) is 38.1. The van der Waals surface area contributed by atoms with Crippen molar-refractivity contribution >= 4 is 11.9 Å². The zero-order valence-electron chi connectivity index (χ0n) is 17.9. The Labute approximate surface area is 177 Å². The number of carbonyl (C=O) groups excluding carboxylic acids is 2. The highest BCUT2D eigenvalue weighted by molar-refractivity contribution is 5.73. The first-order chi connectivity index (χ1) is 14.2. The van der Waals surface area contributed by atoms with Crippen LogP contribution in [0.4, 0.5) is 0 Å². The van der Waals surface area contributed by atoms with Crippen LogP contribution in [0.25, 0.3) is 0 Å². The van der Waals surface area contributed by atoms with E-state index in [9.17, 15) is 24.9 Å². The van der Waals surface area contributed by atoms with Crippen LogP contribution in [0.2, 0.25) is 0 Å². The lowest BCUT2D eigenvalue weighted by atomic mass is 9.66. The zero-order chi connectivity index (χ0) is 22.0. The van der Waals surface area contributed by atoms with Crippen LogP contribution >= 0.6 is 0 Å². The molecule has 168 valence electrons. The molecule has 0 radical (unpaired) electrons. The van der Waals surface area contributed by atoms with Crippen molar-refractivity contribution in [1.29, 1.82) is 0 Å². The molecule has 3 rings (SSSR count). The van der Waals surface area contributed by atoms with Gasteiger partial charge in [0, 0.05) is 18.8 Å². The van der Waals surface area contributed by atoms with Crippen molar-refractivity contribution in [1.82, 2.24) is 0 Å². The molecule has 7 heteroatoms. The van der Waals surface area contributed by atoms with Gasteiger partial charge >= 0.3 is 11.9 Å². The molecule has 0 aromatic heterocycles. The van der Waals surface area contributed by atoms with Gasteiger partial charge in [0.05, 0.1) is 30.7 Å². The first kappa shape index (κ1) is 23.0. The summed E-state index contributed by atoms with van der Waals surface area (Å²) < 4.78 is 11.2. The van der Waals surface area contributed by atoms with Crippen LogP contribution in [0.3, 0.4) is 0 Å². The van der Waals surface area contributed by atoms with Gasteiger partial charge in [-0.3, -0.25) is 9.59 Å². The Kier molecular flexibility index (Phi) is 7.37. The molecule has 3 N–H and O–H groups in total. The van der Waals surface area contributed by atoms with E-state index in [0.717, 1.165) is 12.0 Å². The van der Waals surface area contributed by atoms with E-state index >= 15 is 0 Å². The van der Waals surface area contributed by atoms with Gasteiger partial charge in [-0.05, 0) is 44.1 Å². The molecule has 1 aliphatic heterocycles. The van der Waals surface area contributed by atoms with Crippen molar-refractivity contribution in [3.05, 3.63) is 23.8 Å². The van der Waals surface area contributed by atoms with Crippen LogP contribution in [-0.4, -0.2) is 57.8 Å². The predicted molar refractivity (Wildman–Crippen MR) is 109 cm³/mol. The smallest absolute Gasteiger partial charge is 0.311 e. The Bertz CT molecular complexity index is 698. The summed E-state index contributed by atoms with van der Waals surface area (Å²) in [7, 11) is 0. The van der Waals surface area contributed by atoms with E-state index in [4.69, 9.17) is 9.47 Å². The molecule has 0 amide bonds. The summed E-state index contributed by atoms with van der Waals surface area (Å²) in [5.74, 6) is -1.17. The summed E-state index contributed by atoms with van der Waals surface area (Å²) in [6, 6.07) is 0. The van der Waals surface area contributed by atoms with E-state index in [-0.39, 0.29) is 36.2 Å². The Balaban J connectivity index is 1.74. The Hall–Kier alpha value is -1.70. The van der Waals surface area contributed by atoms with Gasteiger partial charge in [-0.25, -0.2) is 0 Å². The molecular weight excluding hydrogens is 388 g/mol. The van der Waals surface area contributed by atoms with Gasteiger partial charge in [-0.2, -0.15) is 0 Å². The molecule has 0 aromatic carbocycles. The largest absolute Gasteiger partial charge is 0.462 e. The third kappa shape index (κ3) is 5.31. The third-order valence-corrected chi connectivity index (χ3v) is 6.79. The molecule has 0 spiro atoms. The summed E-state index contributed by atoms with van der Waals surface area (Å²) >= 11 is 0. The van der Waals surface area contributed by atoms with Crippen molar-refractivity contribution in [3.8, 4) is 0 Å². The van der Waals surface area contributed by atoms with Crippen LogP contribution in [0.5, 0.6) is 0 Å². The van der Waals surface area contributed by atoms with Crippen LogP contribution in [0.15, 0.2) is 23.8 Å². The fraction of sp³-hybridized carbons (Fsp3) is 0.739. The maximum atomic E-state index is 12.5. The van der Waals surface area contributed by atoms with E-state index < -0.39 is 36.3 Å². The highest BCUT2D eigenvalue weighted by Crippen LogP contribution is 2.44. The molecule has 7 nitrogen and oxygen atoms in total. The molecule has 0 unspecified atom stereocenters. The average Bonchev–Trinajstić information content (AvgIpc) is 2.65. The van der Waals surface area contributed by atoms with Crippen LogP contribution in [0.1, 0.15) is 52.9 Å². The third-order valence-electron chi connectivity index (χ3n) is 6.79. The lowest BCUT2D eigenvalue weighted by Crippen LogP contribution is -2.44. The molecule has 9 atom stereocenters. The zero-order valence-corrected chi connectivity index (χ0v) is 17.9. The fourth-order valence-electron chi connectivity index (χ4n) is 4.86. The van der Waals surface area contributed by atoms with E-state index in [0.29, 0.717) is 19.3 Å². The second-order valence-corrected chi connectivity index (χ2v) is 9.17. The van der Waals surface area contributed by atoms with Crippen LogP contribution in [-0.2, 0) is 19.1 Å². The predicted octanol–water partition coefficient (Wildman–Crippen LogP) is 1.89. The van der Waals surface area contributed by atoms with E-state index in [2.05, 4.69) is 13.0 Å². The van der Waals surface area contributed by atoms with Crippen LogP contribution in [0, 0.1) is 23.7 Å². The van der Waals surface area contributed by atoms with Crippen molar-refractivity contribution in [2.24, 2.45) is 23.7 Å². The molecule has 1 saturated heterocycles. The minimum absolute atomic E-state index is 0.0476. The first-order valence-corrected chi connectivity index (χ1v) is 11.0. The van der Waals surface area contributed by atoms with Gasteiger partial charge < -0.3 is 24.8 Å². The molecular formula is C23H34O7. The van der Waals surface area contributed by atoms with Crippen molar-refractivity contribution in [2.45, 2.75) is 83.4 Å². The van der Waals surface area contributed by atoms with Gasteiger partial charge in [-0.1, -0.05) is 25.2 Å². The molecule has 3 aliphatic rings. The van der Waals surface area contributed by atoms with Gasteiger partial charge in [0.25, 0.3) is 0 Å². The SMILES string of the molecule is C[C@H](O)[C@H](C)C(=O)O[C@H]1C[C@H](O)C=C2C=C[C@H](C)[C@H](CC[C@@H]3C[C@@H](O)CC(=O)O3)[C@H]21. The van der Waals surface area contributed by atoms with E-state index in [1.807, 2.05) is 12.2 Å². The number of allylic oxidation sites excluding steroid dienone is 2. The molecule has 1 heterocycles. The summed E-state index contributed by atoms with van der Waals surface area (Å²) in [6.45, 7) is 5.30. The second-order valence-electron chi connectivity index (χ2n) is 9.17. The number of aliphatic hydroxyl groups excluding tert-OH is 3. The van der Waals surface area contributed by atoms with E-state index in [1.54, 1.807) is 13.8 Å². The highest BCUT2D eigenvalue weighted by Gasteiger charge is 2.43. The molecule has 0 aromatic rings. The topological polar surface area (TPSA) is 113 Å². The number of hydrogen-bond donors (Lipinski definition) is 3. The van der Waals surface area contributed by atoms with Crippen molar-refractivity contribution in [3.63, 3.8) is 0 Å². The highest BCUT2D eigenvalue weighted by atomic mass is 16.6. The molecule has 2 aliphatic carbocycles. The van der Waals surface area contributed by atoms with Gasteiger partial charge in [0.2, 0.25) is 0 Å². The quantitative estimate of drug-likeness (QED) is 0.560. The molecule has 1 fully saturated rings. The number of ether oxygens (including phenoxy) is 2. The van der Waals surface area contributed by atoms with Gasteiger partial charge in [0.1, 0.15) is 12.2 Å². The fourth-order valence-corrected chi connectivity index (χ4v) is 4.86. The minimum atomic E-state index is -0.811. The summed E-state index contributed by atoms with van der Waals surface area (Å²) in [6.07, 6.45) is 5.16. The Morgan fingerprint density at radius 1 is 1.27 bits per heavy atom. The summed E-state index contributed by atoms with van der Waals surface area (Å²) in [4.78, 5) is 24.2. The molecule has 0 bridgehead atoms. The number of cyclic esters (lactones) is 1. The lowest BCUT2D eigenvalue weighted by molar-refractivity contribution is -0.164. The number of esters is 2. The summed E-state index contributed by atoms with van der Waals surface area (Å²) in [5, 5.41) is 29.9. The minimum Gasteiger partial charge on any atom is -0.462 e. The number of fused-ring (bicyclic) bond motifs is 1. The maximum absolute atomic E-state index is 12.5.